The van der Waals surface area contributed by atoms with Crippen molar-refractivity contribution in [2.45, 2.75) is 32.8 Å². The third-order valence-electron chi connectivity index (χ3n) is 1.72. The van der Waals surface area contributed by atoms with Crippen molar-refractivity contribution >= 4 is 12.4 Å². The number of carbonyl (C=O) groups is 2. The van der Waals surface area contributed by atoms with E-state index in [0.717, 1.165) is 6.29 Å². The van der Waals surface area contributed by atoms with Crippen LogP contribution in [0.25, 0.3) is 0 Å². The average Bonchev–Trinajstić information content (AvgIpc) is 2.49. The Hall–Kier alpha value is -1.58. The zero-order valence-electron chi connectivity index (χ0n) is 9.19. The van der Waals surface area contributed by atoms with E-state index in [4.69, 9.17) is 4.74 Å². The molecule has 4 heteroatoms. The molecule has 0 spiro atoms. The van der Waals surface area contributed by atoms with Crippen molar-refractivity contribution < 1.29 is 14.3 Å². The van der Waals surface area contributed by atoms with Gasteiger partial charge in [0.1, 0.15) is 11.9 Å². The summed E-state index contributed by atoms with van der Waals surface area (Å²) in [7, 11) is 0. The maximum absolute atomic E-state index is 11.6. The Labute approximate surface area is 88.8 Å². The fraction of sp³-hybridized carbons (Fsp3) is 0.455. The molecule has 0 aromatic carbocycles. The number of nitrogens with zero attached hydrogens (tertiary/aromatic N) is 1. The summed E-state index contributed by atoms with van der Waals surface area (Å²) in [5.41, 5.74) is 0.110. The van der Waals surface area contributed by atoms with Crippen molar-refractivity contribution in [3.8, 4) is 0 Å². The summed E-state index contributed by atoms with van der Waals surface area (Å²) in [5, 5.41) is 0. The van der Waals surface area contributed by atoms with Gasteiger partial charge in [-0.1, -0.05) is 0 Å². The molecular formula is C11H15NO3. The number of rotatable bonds is 2. The van der Waals surface area contributed by atoms with Crippen LogP contribution in [-0.4, -0.2) is 22.5 Å². The van der Waals surface area contributed by atoms with E-state index in [9.17, 15) is 9.59 Å². The lowest BCUT2D eigenvalue weighted by Gasteiger charge is -2.20. The van der Waals surface area contributed by atoms with Gasteiger partial charge in [-0.05, 0) is 32.9 Å². The van der Waals surface area contributed by atoms with Crippen LogP contribution >= 0.6 is 0 Å². The van der Waals surface area contributed by atoms with E-state index in [-0.39, 0.29) is 6.42 Å². The molecule has 0 fully saturated rings. The van der Waals surface area contributed by atoms with Gasteiger partial charge in [0, 0.05) is 18.3 Å². The zero-order valence-corrected chi connectivity index (χ0v) is 9.19. The Kier molecular flexibility index (Phi) is 3.29. The van der Waals surface area contributed by atoms with E-state index in [0.29, 0.717) is 5.69 Å². The number of aromatic nitrogens is 1. The van der Waals surface area contributed by atoms with Crippen LogP contribution in [0.2, 0.25) is 0 Å². The van der Waals surface area contributed by atoms with E-state index in [1.54, 1.807) is 39.1 Å². The van der Waals surface area contributed by atoms with Crippen LogP contribution in [0.4, 0.5) is 4.79 Å². The molecule has 0 N–H and O–H groups in total. The van der Waals surface area contributed by atoms with Crippen LogP contribution in [0.15, 0.2) is 18.3 Å². The molecule has 1 aromatic rings. The van der Waals surface area contributed by atoms with Gasteiger partial charge in [-0.3, -0.25) is 4.57 Å². The summed E-state index contributed by atoms with van der Waals surface area (Å²) in [4.78, 5) is 22.0. The second kappa shape index (κ2) is 4.29. The molecule has 0 bridgehead atoms. The molecular weight excluding hydrogens is 194 g/mol. The van der Waals surface area contributed by atoms with Gasteiger partial charge in [0.05, 0.1) is 0 Å². The van der Waals surface area contributed by atoms with E-state index >= 15 is 0 Å². The summed E-state index contributed by atoms with van der Waals surface area (Å²) in [6, 6.07) is 3.43. The van der Waals surface area contributed by atoms with Gasteiger partial charge in [0.25, 0.3) is 0 Å². The number of ether oxygens (including phenoxy) is 1. The lowest BCUT2D eigenvalue weighted by atomic mass is 10.2. The smallest absolute Gasteiger partial charge is 0.418 e. The summed E-state index contributed by atoms with van der Waals surface area (Å²) >= 11 is 0. The summed E-state index contributed by atoms with van der Waals surface area (Å²) in [6.45, 7) is 5.40. The van der Waals surface area contributed by atoms with E-state index in [1.807, 2.05) is 0 Å². The minimum absolute atomic E-state index is 0.215. The molecule has 0 amide bonds. The second-order valence-electron chi connectivity index (χ2n) is 4.22. The minimum Gasteiger partial charge on any atom is -0.443 e. The molecule has 1 heterocycles. The molecule has 0 aliphatic rings. The van der Waals surface area contributed by atoms with Crippen LogP contribution in [0.1, 0.15) is 26.5 Å². The summed E-state index contributed by atoms with van der Waals surface area (Å²) in [5.74, 6) is 0. The Bertz CT molecular complexity index is 360. The summed E-state index contributed by atoms with van der Waals surface area (Å²) < 4.78 is 6.52. The largest absolute Gasteiger partial charge is 0.443 e. The predicted octanol–water partition coefficient (Wildman–Crippen LogP) is 2.01. The van der Waals surface area contributed by atoms with Crippen LogP contribution in [0.3, 0.4) is 0 Å². The molecule has 15 heavy (non-hydrogen) atoms. The van der Waals surface area contributed by atoms with Gasteiger partial charge in [0.2, 0.25) is 0 Å². The Morgan fingerprint density at radius 2 is 2.20 bits per heavy atom. The van der Waals surface area contributed by atoms with E-state index in [1.165, 1.54) is 4.57 Å². The Morgan fingerprint density at radius 3 is 2.73 bits per heavy atom. The SMILES string of the molecule is CC(C)(C)OC(=O)n1cccc1CC=O. The fourth-order valence-electron chi connectivity index (χ4n) is 1.16. The number of hydrogen-bond acceptors (Lipinski definition) is 3. The summed E-state index contributed by atoms with van der Waals surface area (Å²) in [6.07, 6.45) is 2.11. The van der Waals surface area contributed by atoms with Gasteiger partial charge in [-0.25, -0.2) is 4.79 Å². The Balaban J connectivity index is 2.82. The molecule has 82 valence electrons. The highest BCUT2D eigenvalue weighted by Crippen LogP contribution is 2.11. The average molecular weight is 209 g/mol. The quantitative estimate of drug-likeness (QED) is 0.700. The molecule has 0 aliphatic heterocycles. The molecule has 0 atom stereocenters. The molecule has 1 aromatic heterocycles. The predicted molar refractivity (Wildman–Crippen MR) is 55.8 cm³/mol. The number of aldehydes is 1. The van der Waals surface area contributed by atoms with Crippen molar-refractivity contribution in [2.75, 3.05) is 0 Å². The highest BCUT2D eigenvalue weighted by molar-refractivity contribution is 5.73. The third kappa shape index (κ3) is 3.23. The van der Waals surface area contributed by atoms with Crippen LogP contribution in [-0.2, 0) is 16.0 Å². The molecule has 0 aliphatic carbocycles. The molecule has 0 unspecified atom stereocenters. The first-order valence-electron chi connectivity index (χ1n) is 4.77. The van der Waals surface area contributed by atoms with Crippen molar-refractivity contribution in [1.82, 2.24) is 4.57 Å². The first-order chi connectivity index (χ1) is 6.94. The Morgan fingerprint density at radius 1 is 1.53 bits per heavy atom. The molecule has 0 saturated heterocycles. The first kappa shape index (κ1) is 11.5. The van der Waals surface area contributed by atoms with Gasteiger partial charge in [-0.2, -0.15) is 0 Å². The second-order valence-corrected chi connectivity index (χ2v) is 4.22. The van der Waals surface area contributed by atoms with Crippen molar-refractivity contribution in [2.24, 2.45) is 0 Å². The van der Waals surface area contributed by atoms with Gasteiger partial charge in [-0.15, -0.1) is 0 Å². The number of carbonyl (C=O) groups excluding carboxylic acids is 2. The molecule has 0 saturated carbocycles. The van der Waals surface area contributed by atoms with E-state index < -0.39 is 11.7 Å². The maximum Gasteiger partial charge on any atom is 0.418 e. The lowest BCUT2D eigenvalue weighted by Crippen LogP contribution is -2.27. The van der Waals surface area contributed by atoms with Crippen LogP contribution < -0.4 is 0 Å². The fourth-order valence-corrected chi connectivity index (χ4v) is 1.16. The maximum atomic E-state index is 11.6. The standard InChI is InChI=1S/C11H15NO3/c1-11(2,3)15-10(14)12-7-4-5-9(12)6-8-13/h4-5,7-8H,6H2,1-3H3. The highest BCUT2D eigenvalue weighted by Gasteiger charge is 2.18. The molecule has 1 rings (SSSR count). The van der Waals surface area contributed by atoms with Gasteiger partial charge in [0.15, 0.2) is 0 Å². The van der Waals surface area contributed by atoms with Crippen molar-refractivity contribution in [1.29, 1.82) is 0 Å². The monoisotopic (exact) mass is 209 g/mol. The normalized spacial score (nSPS) is 11.1. The zero-order chi connectivity index (χ0) is 11.5. The van der Waals surface area contributed by atoms with Gasteiger partial charge < -0.3 is 9.53 Å². The molecule has 0 radical (unpaired) electrons. The molecule has 4 nitrogen and oxygen atoms in total. The topological polar surface area (TPSA) is 48.3 Å². The van der Waals surface area contributed by atoms with Crippen molar-refractivity contribution in [3.63, 3.8) is 0 Å². The van der Waals surface area contributed by atoms with E-state index in [2.05, 4.69) is 0 Å². The van der Waals surface area contributed by atoms with Crippen LogP contribution in [0.5, 0.6) is 0 Å². The first-order valence-corrected chi connectivity index (χ1v) is 4.77. The minimum atomic E-state index is -0.528. The lowest BCUT2D eigenvalue weighted by molar-refractivity contribution is -0.107. The van der Waals surface area contributed by atoms with Crippen LogP contribution in [0, 0.1) is 0 Å². The third-order valence-corrected chi connectivity index (χ3v) is 1.72. The highest BCUT2D eigenvalue weighted by atomic mass is 16.6. The van der Waals surface area contributed by atoms with Crippen molar-refractivity contribution in [3.05, 3.63) is 24.0 Å². The van der Waals surface area contributed by atoms with Gasteiger partial charge >= 0.3 is 6.09 Å². The number of hydrogen-bond donors (Lipinski definition) is 0.